The van der Waals surface area contributed by atoms with Gasteiger partial charge in [0.25, 0.3) is 0 Å². The number of nitriles is 2. The quantitative estimate of drug-likeness (QED) is 0.770. The average Bonchev–Trinajstić information content (AvgIpc) is 2.67. The molecular formula is C22H17N3O. The van der Waals surface area contributed by atoms with E-state index in [1.165, 1.54) is 0 Å². The number of rotatable bonds is 3. The third kappa shape index (κ3) is 3.50. The average molecular weight is 339 g/mol. The summed E-state index contributed by atoms with van der Waals surface area (Å²) in [5, 5.41) is 18.5. The van der Waals surface area contributed by atoms with Crippen LogP contribution >= 0.6 is 0 Å². The molecule has 3 rings (SSSR count). The molecule has 126 valence electrons. The Morgan fingerprint density at radius 3 is 2.31 bits per heavy atom. The summed E-state index contributed by atoms with van der Waals surface area (Å²) < 4.78 is 5.90. The SMILES string of the molecule is CN(C)c1ccc(/C=C/C2=CC(=C(C#N)C#N)c3ccccc3O2)cc1. The Labute approximate surface area is 153 Å². The van der Waals surface area contributed by atoms with E-state index >= 15 is 0 Å². The first-order valence-corrected chi connectivity index (χ1v) is 8.11. The lowest BCUT2D eigenvalue weighted by Crippen LogP contribution is -2.07. The van der Waals surface area contributed by atoms with Gasteiger partial charge in [-0.2, -0.15) is 10.5 Å². The summed E-state index contributed by atoms with van der Waals surface area (Å²) in [5.41, 5.74) is 3.56. The highest BCUT2D eigenvalue weighted by atomic mass is 16.5. The summed E-state index contributed by atoms with van der Waals surface area (Å²) >= 11 is 0. The lowest BCUT2D eigenvalue weighted by molar-refractivity contribution is 0.439. The molecule has 0 amide bonds. The van der Waals surface area contributed by atoms with Gasteiger partial charge in [-0.15, -0.1) is 0 Å². The molecule has 0 atom stereocenters. The van der Waals surface area contributed by atoms with Crippen molar-refractivity contribution in [3.63, 3.8) is 0 Å². The van der Waals surface area contributed by atoms with Gasteiger partial charge < -0.3 is 9.64 Å². The first-order valence-electron chi connectivity index (χ1n) is 8.11. The van der Waals surface area contributed by atoms with Gasteiger partial charge in [-0.3, -0.25) is 0 Å². The van der Waals surface area contributed by atoms with Crippen molar-refractivity contribution in [2.24, 2.45) is 0 Å². The molecule has 0 saturated carbocycles. The molecule has 0 N–H and O–H groups in total. The normalized spacial score (nSPS) is 12.5. The number of hydrogen-bond acceptors (Lipinski definition) is 4. The Hall–Kier alpha value is -3.76. The Morgan fingerprint density at radius 1 is 0.962 bits per heavy atom. The van der Waals surface area contributed by atoms with Gasteiger partial charge >= 0.3 is 0 Å². The van der Waals surface area contributed by atoms with Crippen LogP contribution < -0.4 is 9.64 Å². The number of benzene rings is 2. The maximum absolute atomic E-state index is 9.25. The Kier molecular flexibility index (Phi) is 4.87. The van der Waals surface area contributed by atoms with E-state index in [1.807, 2.05) is 91.8 Å². The standard InChI is InChI=1S/C22H17N3O/c1-25(2)18-10-7-16(8-11-18)9-12-19-13-21(17(14-23)15-24)20-5-3-4-6-22(20)26-19/h3-13H,1-2H3/b12-9+. The largest absolute Gasteiger partial charge is 0.457 e. The van der Waals surface area contributed by atoms with Gasteiger partial charge in [0.1, 0.15) is 29.2 Å². The van der Waals surface area contributed by atoms with E-state index in [0.717, 1.165) is 16.8 Å². The van der Waals surface area contributed by atoms with Crippen LogP contribution in [0.4, 0.5) is 5.69 Å². The van der Waals surface area contributed by atoms with Crippen molar-refractivity contribution in [3.8, 4) is 17.9 Å². The molecule has 2 aromatic rings. The number of para-hydroxylation sites is 1. The highest BCUT2D eigenvalue weighted by Gasteiger charge is 2.18. The second kappa shape index (κ2) is 7.42. The van der Waals surface area contributed by atoms with Gasteiger partial charge in [-0.25, -0.2) is 0 Å². The molecule has 0 bridgehead atoms. The van der Waals surface area contributed by atoms with Crippen LogP contribution in [0.3, 0.4) is 0 Å². The molecule has 1 heterocycles. The van der Waals surface area contributed by atoms with Crippen molar-refractivity contribution in [1.29, 1.82) is 10.5 Å². The zero-order chi connectivity index (χ0) is 18.5. The van der Waals surface area contributed by atoms with Crippen molar-refractivity contribution in [2.75, 3.05) is 19.0 Å². The van der Waals surface area contributed by atoms with E-state index in [1.54, 1.807) is 6.08 Å². The molecule has 26 heavy (non-hydrogen) atoms. The Balaban J connectivity index is 1.95. The second-order valence-corrected chi connectivity index (χ2v) is 5.98. The summed E-state index contributed by atoms with van der Waals surface area (Å²) in [5.74, 6) is 1.22. The minimum Gasteiger partial charge on any atom is -0.457 e. The van der Waals surface area contributed by atoms with E-state index in [0.29, 0.717) is 17.1 Å². The minimum absolute atomic E-state index is 0.0713. The fourth-order valence-electron chi connectivity index (χ4n) is 2.65. The van der Waals surface area contributed by atoms with Crippen molar-refractivity contribution in [1.82, 2.24) is 0 Å². The van der Waals surface area contributed by atoms with E-state index < -0.39 is 0 Å². The molecule has 0 spiro atoms. The molecule has 4 heteroatoms. The number of ether oxygens (including phenoxy) is 1. The Bertz CT molecular complexity index is 981. The summed E-state index contributed by atoms with van der Waals surface area (Å²) in [6.45, 7) is 0. The van der Waals surface area contributed by atoms with E-state index in [2.05, 4.69) is 0 Å². The third-order valence-electron chi connectivity index (χ3n) is 4.03. The molecule has 1 aliphatic heterocycles. The monoisotopic (exact) mass is 339 g/mol. The van der Waals surface area contributed by atoms with Crippen molar-refractivity contribution < 1.29 is 4.74 Å². The van der Waals surface area contributed by atoms with Crippen LogP contribution in [0, 0.1) is 22.7 Å². The summed E-state index contributed by atoms with van der Waals surface area (Å²) in [6, 6.07) is 19.4. The van der Waals surface area contributed by atoms with Crippen molar-refractivity contribution in [2.45, 2.75) is 0 Å². The van der Waals surface area contributed by atoms with E-state index in [4.69, 9.17) is 4.74 Å². The van der Waals surface area contributed by atoms with Crippen LogP contribution in [0.25, 0.3) is 11.6 Å². The van der Waals surface area contributed by atoms with Crippen molar-refractivity contribution in [3.05, 3.63) is 83.1 Å². The number of nitrogens with zero attached hydrogens (tertiary/aromatic N) is 3. The summed E-state index contributed by atoms with van der Waals surface area (Å²) in [6.07, 6.45) is 5.51. The molecule has 0 aromatic heterocycles. The molecular weight excluding hydrogens is 322 g/mol. The highest BCUT2D eigenvalue weighted by Crippen LogP contribution is 2.35. The topological polar surface area (TPSA) is 60.0 Å². The maximum Gasteiger partial charge on any atom is 0.137 e. The number of anilines is 1. The number of allylic oxidation sites excluding steroid dienone is 4. The molecule has 0 saturated heterocycles. The second-order valence-electron chi connectivity index (χ2n) is 5.98. The van der Waals surface area contributed by atoms with E-state index in [9.17, 15) is 10.5 Å². The Morgan fingerprint density at radius 2 is 1.65 bits per heavy atom. The summed E-state index contributed by atoms with van der Waals surface area (Å²) in [7, 11) is 4.00. The molecule has 0 radical (unpaired) electrons. The van der Waals surface area contributed by atoms with Crippen LogP contribution in [0.15, 0.2) is 72.0 Å². The van der Waals surface area contributed by atoms with Gasteiger partial charge in [0.2, 0.25) is 0 Å². The zero-order valence-electron chi connectivity index (χ0n) is 14.6. The summed E-state index contributed by atoms with van der Waals surface area (Å²) in [4.78, 5) is 2.04. The van der Waals surface area contributed by atoms with Gasteiger partial charge in [0.05, 0.1) is 0 Å². The number of fused-ring (bicyclic) bond motifs is 1. The fraction of sp³-hybridized carbons (Fsp3) is 0.0909. The van der Waals surface area contributed by atoms with Crippen LogP contribution in [-0.2, 0) is 0 Å². The molecule has 1 aliphatic rings. The maximum atomic E-state index is 9.25. The van der Waals surface area contributed by atoms with E-state index in [-0.39, 0.29) is 5.57 Å². The fourth-order valence-corrected chi connectivity index (χ4v) is 2.65. The van der Waals surface area contributed by atoms with Gasteiger partial charge in [0.15, 0.2) is 0 Å². The van der Waals surface area contributed by atoms with Crippen LogP contribution in [-0.4, -0.2) is 14.1 Å². The lowest BCUT2D eigenvalue weighted by Gasteiger charge is -2.18. The van der Waals surface area contributed by atoms with Crippen LogP contribution in [0.2, 0.25) is 0 Å². The number of hydrogen-bond donors (Lipinski definition) is 0. The smallest absolute Gasteiger partial charge is 0.137 e. The zero-order valence-corrected chi connectivity index (χ0v) is 14.6. The molecule has 2 aromatic carbocycles. The van der Waals surface area contributed by atoms with Crippen LogP contribution in [0.5, 0.6) is 5.75 Å². The van der Waals surface area contributed by atoms with Gasteiger partial charge in [0, 0.05) is 30.9 Å². The van der Waals surface area contributed by atoms with Gasteiger partial charge in [-0.1, -0.05) is 36.4 Å². The molecule has 0 aliphatic carbocycles. The molecule has 4 nitrogen and oxygen atoms in total. The molecule has 0 unspecified atom stereocenters. The van der Waals surface area contributed by atoms with Crippen molar-refractivity contribution >= 4 is 17.3 Å². The third-order valence-corrected chi connectivity index (χ3v) is 4.03. The first-order chi connectivity index (χ1) is 12.6. The highest BCUT2D eigenvalue weighted by molar-refractivity contribution is 5.87. The van der Waals surface area contributed by atoms with Crippen LogP contribution in [0.1, 0.15) is 11.1 Å². The lowest BCUT2D eigenvalue weighted by atomic mass is 9.97. The van der Waals surface area contributed by atoms with Gasteiger partial charge in [-0.05, 0) is 35.9 Å². The first kappa shape index (κ1) is 17.1. The minimum atomic E-state index is 0.0713. The molecule has 0 fully saturated rings. The predicted molar refractivity (Wildman–Crippen MR) is 103 cm³/mol. The predicted octanol–water partition coefficient (Wildman–Crippen LogP) is 4.54.